The van der Waals surface area contributed by atoms with Gasteiger partial charge in [0.05, 0.1) is 20.3 Å². The zero-order chi connectivity index (χ0) is 11.8. The number of ether oxygens (including phenoxy) is 3. The molecule has 0 bridgehead atoms. The third kappa shape index (κ3) is 1.90. The molecule has 2 aliphatic rings. The average molecular weight is 224 g/mol. The lowest BCUT2D eigenvalue weighted by Gasteiger charge is -2.42. The molecular weight excluding hydrogens is 208 g/mol. The number of allylic oxidation sites excluding steroid dienone is 2. The van der Waals surface area contributed by atoms with Crippen molar-refractivity contribution in [3.05, 3.63) is 24.0 Å². The van der Waals surface area contributed by atoms with Crippen molar-refractivity contribution < 1.29 is 19.0 Å². The summed E-state index contributed by atoms with van der Waals surface area (Å²) in [6.45, 7) is 5.25. The van der Waals surface area contributed by atoms with Gasteiger partial charge < -0.3 is 14.2 Å². The Hall–Kier alpha value is -1.13. The number of ketones is 1. The Kier molecular flexibility index (Phi) is 2.64. The molecule has 1 heterocycles. The van der Waals surface area contributed by atoms with Crippen LogP contribution in [0.25, 0.3) is 0 Å². The van der Waals surface area contributed by atoms with E-state index in [9.17, 15) is 4.79 Å². The summed E-state index contributed by atoms with van der Waals surface area (Å²) in [5, 5.41) is 0. The predicted octanol–water partition coefficient (Wildman–Crippen LogP) is 1.42. The minimum Gasteiger partial charge on any atom is -0.495 e. The lowest BCUT2D eigenvalue weighted by Crippen LogP contribution is -2.49. The van der Waals surface area contributed by atoms with Gasteiger partial charge in [-0.15, -0.1) is 0 Å². The predicted molar refractivity (Wildman–Crippen MR) is 57.7 cm³/mol. The smallest absolute Gasteiger partial charge is 0.248 e. The fourth-order valence-corrected chi connectivity index (χ4v) is 1.68. The molecule has 16 heavy (non-hydrogen) atoms. The Bertz CT molecular complexity index is 355. The molecular formula is C12H16O4. The molecule has 0 N–H and O–H groups in total. The van der Waals surface area contributed by atoms with Gasteiger partial charge in [0.25, 0.3) is 0 Å². The molecule has 0 saturated carbocycles. The lowest BCUT2D eigenvalue weighted by molar-refractivity contribution is -0.265. The zero-order valence-corrected chi connectivity index (χ0v) is 9.78. The Balaban J connectivity index is 2.23. The topological polar surface area (TPSA) is 44.8 Å². The highest BCUT2D eigenvalue weighted by atomic mass is 16.7. The molecule has 0 aromatic heterocycles. The first-order valence-corrected chi connectivity index (χ1v) is 5.25. The third-order valence-electron chi connectivity index (χ3n) is 2.66. The van der Waals surface area contributed by atoms with E-state index >= 15 is 0 Å². The normalized spacial score (nSPS) is 26.7. The van der Waals surface area contributed by atoms with E-state index in [0.717, 1.165) is 0 Å². The average Bonchev–Trinajstić information content (AvgIpc) is 2.25. The molecule has 2 rings (SSSR count). The van der Waals surface area contributed by atoms with Gasteiger partial charge in [0.15, 0.2) is 11.5 Å². The van der Waals surface area contributed by atoms with E-state index in [4.69, 9.17) is 14.2 Å². The van der Waals surface area contributed by atoms with E-state index in [2.05, 4.69) is 13.8 Å². The van der Waals surface area contributed by atoms with Crippen molar-refractivity contribution >= 4 is 5.78 Å². The highest BCUT2D eigenvalue weighted by molar-refractivity contribution is 6.01. The van der Waals surface area contributed by atoms with Crippen LogP contribution in [0, 0.1) is 5.41 Å². The molecule has 1 spiro atoms. The first kappa shape index (κ1) is 11.4. The van der Waals surface area contributed by atoms with E-state index in [1.165, 1.54) is 19.3 Å². The van der Waals surface area contributed by atoms with Gasteiger partial charge in [-0.3, -0.25) is 4.79 Å². The Morgan fingerprint density at radius 1 is 1.31 bits per heavy atom. The largest absolute Gasteiger partial charge is 0.495 e. The summed E-state index contributed by atoms with van der Waals surface area (Å²) in [5.74, 6) is -0.701. The highest BCUT2D eigenvalue weighted by Crippen LogP contribution is 2.36. The number of rotatable bonds is 1. The van der Waals surface area contributed by atoms with Crippen molar-refractivity contribution in [2.24, 2.45) is 5.41 Å². The van der Waals surface area contributed by atoms with E-state index in [0.29, 0.717) is 19.0 Å². The second kappa shape index (κ2) is 3.71. The Morgan fingerprint density at radius 3 is 2.50 bits per heavy atom. The summed E-state index contributed by atoms with van der Waals surface area (Å²) in [5.41, 5.74) is -0.0145. The van der Waals surface area contributed by atoms with Crippen LogP contribution in [0.1, 0.15) is 13.8 Å². The Labute approximate surface area is 94.9 Å². The molecule has 0 radical (unpaired) electrons. The van der Waals surface area contributed by atoms with Crippen LogP contribution in [0.15, 0.2) is 24.0 Å². The minimum absolute atomic E-state index is 0.0145. The van der Waals surface area contributed by atoms with Crippen molar-refractivity contribution in [3.8, 4) is 0 Å². The van der Waals surface area contributed by atoms with Crippen molar-refractivity contribution in [1.29, 1.82) is 0 Å². The molecule has 88 valence electrons. The maximum Gasteiger partial charge on any atom is 0.248 e. The van der Waals surface area contributed by atoms with Crippen LogP contribution in [0.2, 0.25) is 0 Å². The highest BCUT2D eigenvalue weighted by Gasteiger charge is 2.44. The monoisotopic (exact) mass is 224 g/mol. The van der Waals surface area contributed by atoms with Gasteiger partial charge in [0.2, 0.25) is 5.79 Å². The molecule has 4 nitrogen and oxygen atoms in total. The molecule has 0 unspecified atom stereocenters. The van der Waals surface area contributed by atoms with Crippen LogP contribution in [0.3, 0.4) is 0 Å². The zero-order valence-electron chi connectivity index (χ0n) is 9.78. The molecule has 1 saturated heterocycles. The van der Waals surface area contributed by atoms with Crippen molar-refractivity contribution in [1.82, 2.24) is 0 Å². The van der Waals surface area contributed by atoms with Crippen molar-refractivity contribution in [2.75, 3.05) is 20.3 Å². The van der Waals surface area contributed by atoms with Gasteiger partial charge in [0.1, 0.15) is 0 Å². The van der Waals surface area contributed by atoms with Crippen LogP contribution in [0.4, 0.5) is 0 Å². The number of hydrogen-bond acceptors (Lipinski definition) is 4. The van der Waals surface area contributed by atoms with Gasteiger partial charge in [-0.25, -0.2) is 0 Å². The van der Waals surface area contributed by atoms with Gasteiger partial charge in [-0.05, 0) is 12.2 Å². The van der Waals surface area contributed by atoms with E-state index in [-0.39, 0.29) is 11.2 Å². The standard InChI is InChI=1S/C12H16O4/c1-11(2)7-15-12(16-8-11)5-4-9(13)6-10(12)14-3/h4-6H,7-8H2,1-3H3. The van der Waals surface area contributed by atoms with E-state index in [1.807, 2.05) is 0 Å². The minimum atomic E-state index is -1.00. The summed E-state index contributed by atoms with van der Waals surface area (Å²) in [4.78, 5) is 11.2. The van der Waals surface area contributed by atoms with Crippen LogP contribution in [0.5, 0.6) is 0 Å². The molecule has 0 aromatic rings. The molecule has 0 aromatic carbocycles. The summed E-state index contributed by atoms with van der Waals surface area (Å²) in [6, 6.07) is 0. The first-order valence-electron chi connectivity index (χ1n) is 5.25. The van der Waals surface area contributed by atoms with Crippen LogP contribution in [-0.2, 0) is 19.0 Å². The van der Waals surface area contributed by atoms with Gasteiger partial charge in [-0.2, -0.15) is 0 Å². The van der Waals surface area contributed by atoms with Crippen LogP contribution in [-0.4, -0.2) is 31.9 Å². The van der Waals surface area contributed by atoms with Crippen LogP contribution < -0.4 is 0 Å². The third-order valence-corrected chi connectivity index (χ3v) is 2.66. The molecule has 0 atom stereocenters. The van der Waals surface area contributed by atoms with Gasteiger partial charge in [0, 0.05) is 11.5 Å². The molecule has 1 fully saturated rings. The maximum atomic E-state index is 11.2. The SMILES string of the molecule is COC1=CC(=O)C=CC12OCC(C)(C)CO2. The molecule has 4 heteroatoms. The van der Waals surface area contributed by atoms with E-state index in [1.54, 1.807) is 6.08 Å². The second-order valence-electron chi connectivity index (χ2n) is 4.86. The molecule has 0 amide bonds. The number of carbonyl (C=O) groups is 1. The summed E-state index contributed by atoms with van der Waals surface area (Å²) in [6.07, 6.45) is 4.46. The number of carbonyl (C=O) groups excluding carboxylic acids is 1. The number of methoxy groups -OCH3 is 1. The van der Waals surface area contributed by atoms with Gasteiger partial charge in [-0.1, -0.05) is 13.8 Å². The first-order chi connectivity index (χ1) is 7.47. The van der Waals surface area contributed by atoms with Crippen molar-refractivity contribution in [3.63, 3.8) is 0 Å². The summed E-state index contributed by atoms with van der Waals surface area (Å²) < 4.78 is 16.6. The van der Waals surface area contributed by atoms with Crippen LogP contribution >= 0.6 is 0 Å². The maximum absolute atomic E-state index is 11.2. The fraction of sp³-hybridized carbons (Fsp3) is 0.583. The lowest BCUT2D eigenvalue weighted by atomic mass is 9.93. The Morgan fingerprint density at radius 2 is 1.94 bits per heavy atom. The fourth-order valence-electron chi connectivity index (χ4n) is 1.68. The van der Waals surface area contributed by atoms with E-state index < -0.39 is 5.79 Å². The quantitative estimate of drug-likeness (QED) is 0.675. The summed E-state index contributed by atoms with van der Waals surface area (Å²) in [7, 11) is 1.51. The summed E-state index contributed by atoms with van der Waals surface area (Å²) >= 11 is 0. The van der Waals surface area contributed by atoms with Crippen molar-refractivity contribution in [2.45, 2.75) is 19.6 Å². The number of hydrogen-bond donors (Lipinski definition) is 0. The van der Waals surface area contributed by atoms with Gasteiger partial charge >= 0.3 is 0 Å². The molecule has 1 aliphatic heterocycles. The second-order valence-corrected chi connectivity index (χ2v) is 4.86. The molecule has 1 aliphatic carbocycles.